The maximum atomic E-state index is 3.65. The number of para-hydroxylation sites is 8. The number of halogens is 1. The molecule has 0 spiro atoms. The highest BCUT2D eigenvalue weighted by molar-refractivity contribution is 9.10. The third kappa shape index (κ3) is 15.0. The SMILES string of the molecule is Brc1ccc(-c2ccc(N(c3ccccc3)c3ccc(-n4c5ccccc5c5ccccc54)cc3)cc2)cc1.c1ccc(N(c2ccc(-c3ccc(N(c4ccccc4)c4ccc(C56CC7CC(CC(C7)C5)C6)c5ccccc45)cc3)cc2)c2ccc(-n3c4ccccc4c4ccccc43)cc2)cc1.c1ccc(Nc2ccc(C34CC5CC(CC(C5)C3)C4)c3ccccc23)cc1. The average Bonchev–Trinajstić information content (AvgIpc) is 1.06. The van der Waals surface area contributed by atoms with E-state index in [-0.39, 0.29) is 0 Å². The van der Waals surface area contributed by atoms with Gasteiger partial charge in [-0.15, -0.1) is 0 Å². The van der Waals surface area contributed by atoms with Gasteiger partial charge in [-0.3, -0.25) is 0 Å². The molecule has 8 fully saturated rings. The van der Waals surface area contributed by atoms with Gasteiger partial charge in [-0.25, -0.2) is 0 Å². The van der Waals surface area contributed by atoms with E-state index < -0.39 is 0 Å². The number of hydrogen-bond donors (Lipinski definition) is 1. The number of nitrogens with one attached hydrogen (secondary N) is 1. The van der Waals surface area contributed by atoms with E-state index in [4.69, 9.17) is 0 Å². The number of hydrogen-bond acceptors (Lipinski definition) is 4. The van der Waals surface area contributed by atoms with E-state index in [2.05, 4.69) is 482 Å². The Kier molecular flexibility index (Phi) is 20.8. The molecule has 0 saturated heterocycles. The fourth-order valence-corrected chi connectivity index (χ4v) is 25.6. The van der Waals surface area contributed by atoms with Crippen molar-refractivity contribution in [2.75, 3.05) is 20.0 Å². The number of fused-ring (bicyclic) bond motifs is 8. The van der Waals surface area contributed by atoms with Gasteiger partial charge in [0.05, 0.1) is 27.8 Å². The molecular weight excluding hydrogens is 1650 g/mol. The summed E-state index contributed by atoms with van der Waals surface area (Å²) in [6, 6.07) is 159. The van der Waals surface area contributed by atoms with Crippen molar-refractivity contribution in [3.8, 4) is 33.6 Å². The van der Waals surface area contributed by atoms with E-state index >= 15 is 0 Å². The standard InChI is InChI=1S/C62H51N3.C36H25BrN2.C26H27N/c1-3-13-48(14-4-1)63(51-31-33-53(34-32-51)65-59-21-11-9-19-56(59)57-20-10-12-22-60(57)65)50-27-23-46(24-28-50)47-25-29-52(30-26-47)64(49-15-5-2-6-16-49)61-36-35-58(54-17-7-8-18-55(54)61)62-40-43-37-44(41-62)39-45(38-43)42-62;37-28-18-14-26(15-19-28)27-16-20-30(21-17-27)38(29-8-2-1-3-9-29)31-22-24-32(25-23-31)39-35-12-6-4-10-33(35)34-11-5-7-13-36(34)39;1-2-6-21(7-3-1)27-25-11-10-24(22-8-4-5-9-23(22)25)26-15-18-12-19(16-26)14-20(13-18)17-26/h1-36,43-45H,37-42H2;1-25H;1-11,18-20,27H,12-17H2. The van der Waals surface area contributed by atoms with Crippen LogP contribution in [-0.4, -0.2) is 9.13 Å². The molecule has 20 aromatic rings. The van der Waals surface area contributed by atoms with Crippen LogP contribution in [-0.2, 0) is 10.8 Å². The van der Waals surface area contributed by atoms with Crippen molar-refractivity contribution in [3.05, 3.63) is 452 Å². The van der Waals surface area contributed by atoms with E-state index in [1.165, 1.54) is 182 Å². The predicted molar refractivity (Wildman–Crippen MR) is 555 cm³/mol. The third-order valence-electron chi connectivity index (χ3n) is 30.2. The van der Waals surface area contributed by atoms with Gasteiger partial charge in [-0.05, 0) is 350 Å². The summed E-state index contributed by atoms with van der Waals surface area (Å²) < 4.78 is 5.82. The molecule has 18 aromatic carbocycles. The molecule has 0 aliphatic heterocycles. The first kappa shape index (κ1) is 80.1. The van der Waals surface area contributed by atoms with Crippen molar-refractivity contribution in [1.82, 2.24) is 9.13 Å². The van der Waals surface area contributed by atoms with E-state index in [1.54, 1.807) is 11.1 Å². The van der Waals surface area contributed by atoms with Gasteiger partial charge in [-0.2, -0.15) is 0 Å². The fourth-order valence-electron chi connectivity index (χ4n) is 25.4. The summed E-state index contributed by atoms with van der Waals surface area (Å²) >= 11 is 3.53. The molecule has 636 valence electrons. The van der Waals surface area contributed by atoms with Gasteiger partial charge in [-0.1, -0.05) is 271 Å². The summed E-state index contributed by atoms with van der Waals surface area (Å²) in [6.07, 6.45) is 17.3. The van der Waals surface area contributed by atoms with E-state index in [9.17, 15) is 0 Å². The molecule has 28 rings (SSSR count). The smallest absolute Gasteiger partial charge is 0.0541 e. The van der Waals surface area contributed by atoms with Crippen LogP contribution >= 0.6 is 15.9 Å². The molecule has 0 unspecified atom stereocenters. The molecule has 8 aliphatic rings. The lowest BCUT2D eigenvalue weighted by atomic mass is 9.47. The lowest BCUT2D eigenvalue weighted by molar-refractivity contribution is -0.00462. The normalized spacial score (nSPS) is 19.6. The van der Waals surface area contributed by atoms with Crippen molar-refractivity contribution in [1.29, 1.82) is 0 Å². The zero-order valence-corrected chi connectivity index (χ0v) is 75.2. The van der Waals surface area contributed by atoms with Crippen molar-refractivity contribution >= 4 is 144 Å². The molecule has 8 aliphatic carbocycles. The summed E-state index contributed by atoms with van der Waals surface area (Å²) in [5, 5.41) is 14.4. The summed E-state index contributed by atoms with van der Waals surface area (Å²) in [7, 11) is 0. The largest absolute Gasteiger partial charge is 0.355 e. The highest BCUT2D eigenvalue weighted by atomic mass is 79.9. The molecule has 0 atom stereocenters. The second kappa shape index (κ2) is 34.0. The van der Waals surface area contributed by atoms with Crippen LogP contribution in [0.15, 0.2) is 441 Å². The van der Waals surface area contributed by atoms with Crippen LogP contribution in [0.4, 0.5) is 62.6 Å². The quantitative estimate of drug-likeness (QED) is 0.0985. The molecule has 0 amide bonds. The number of benzene rings is 18. The molecule has 0 radical (unpaired) electrons. The van der Waals surface area contributed by atoms with Gasteiger partial charge in [0.25, 0.3) is 0 Å². The van der Waals surface area contributed by atoms with Crippen LogP contribution in [0.1, 0.15) is 88.2 Å². The Morgan fingerprint density at radius 3 is 0.840 bits per heavy atom. The van der Waals surface area contributed by atoms with E-state index in [1.807, 2.05) is 0 Å². The third-order valence-corrected chi connectivity index (χ3v) is 30.7. The first-order valence-corrected chi connectivity index (χ1v) is 48.2. The molecule has 2 heterocycles. The Bertz CT molecular complexity index is 7360. The molecular formula is C124H103BrN6. The molecule has 7 heteroatoms. The summed E-state index contributed by atoms with van der Waals surface area (Å²) in [5.74, 6) is 5.68. The molecule has 8 bridgehead atoms. The summed E-state index contributed by atoms with van der Waals surface area (Å²) in [6.45, 7) is 0. The topological polar surface area (TPSA) is 31.6 Å². The maximum Gasteiger partial charge on any atom is 0.0541 e. The van der Waals surface area contributed by atoms with Crippen molar-refractivity contribution < 1.29 is 0 Å². The molecule has 2 aromatic heterocycles. The molecule has 6 nitrogen and oxygen atoms in total. The first-order chi connectivity index (χ1) is 64.7. The van der Waals surface area contributed by atoms with Crippen LogP contribution in [0.5, 0.6) is 0 Å². The summed E-state index contributed by atoms with van der Waals surface area (Å²) in [5.41, 5.74) is 28.6. The molecule has 8 saturated carbocycles. The second-order valence-electron chi connectivity index (χ2n) is 38.2. The Morgan fingerprint density at radius 2 is 0.481 bits per heavy atom. The zero-order chi connectivity index (χ0) is 86.9. The number of aromatic nitrogens is 2. The Morgan fingerprint density at radius 1 is 0.221 bits per heavy atom. The van der Waals surface area contributed by atoms with Crippen molar-refractivity contribution in [3.63, 3.8) is 0 Å². The van der Waals surface area contributed by atoms with Gasteiger partial charge in [0.15, 0.2) is 0 Å². The Hall–Kier alpha value is -14.2. The van der Waals surface area contributed by atoms with Crippen LogP contribution in [0.25, 0.3) is 98.8 Å². The average molecular weight is 1760 g/mol. The lowest BCUT2D eigenvalue weighted by Gasteiger charge is -2.57. The van der Waals surface area contributed by atoms with Gasteiger partial charge >= 0.3 is 0 Å². The maximum absolute atomic E-state index is 3.65. The van der Waals surface area contributed by atoms with Gasteiger partial charge in [0, 0.05) is 105 Å². The highest BCUT2D eigenvalue weighted by Gasteiger charge is 2.54. The number of nitrogens with zero attached hydrogens (tertiary/aromatic N) is 5. The van der Waals surface area contributed by atoms with Crippen LogP contribution in [0.2, 0.25) is 0 Å². The van der Waals surface area contributed by atoms with Crippen LogP contribution in [0.3, 0.4) is 0 Å². The van der Waals surface area contributed by atoms with Crippen molar-refractivity contribution in [2.24, 2.45) is 35.5 Å². The minimum absolute atomic E-state index is 0.332. The summed E-state index contributed by atoms with van der Waals surface area (Å²) in [4.78, 5) is 7.11. The van der Waals surface area contributed by atoms with E-state index in [0.717, 1.165) is 96.9 Å². The Labute approximate surface area is 776 Å². The highest BCUT2D eigenvalue weighted by Crippen LogP contribution is 2.64. The monoisotopic (exact) mass is 1750 g/mol. The molecule has 1 N–H and O–H groups in total. The fraction of sp³-hybridized carbons (Fsp3) is 0.161. The predicted octanol–water partition coefficient (Wildman–Crippen LogP) is 34.7. The minimum Gasteiger partial charge on any atom is -0.355 e. The van der Waals surface area contributed by atoms with Gasteiger partial charge in [0.2, 0.25) is 0 Å². The number of anilines is 11. The second-order valence-corrected chi connectivity index (χ2v) is 39.1. The number of rotatable bonds is 17. The zero-order valence-electron chi connectivity index (χ0n) is 73.6. The molecule has 131 heavy (non-hydrogen) atoms. The Balaban J connectivity index is 0.000000121. The van der Waals surface area contributed by atoms with Gasteiger partial charge < -0.3 is 29.2 Å². The van der Waals surface area contributed by atoms with Gasteiger partial charge in [0.1, 0.15) is 0 Å². The first-order valence-electron chi connectivity index (χ1n) is 47.4. The van der Waals surface area contributed by atoms with Crippen LogP contribution < -0.4 is 20.0 Å². The van der Waals surface area contributed by atoms with E-state index in [0.29, 0.717) is 10.8 Å². The van der Waals surface area contributed by atoms with Crippen molar-refractivity contribution in [2.45, 2.75) is 87.9 Å². The lowest BCUT2D eigenvalue weighted by Crippen LogP contribution is -2.48. The minimum atomic E-state index is 0.332. The van der Waals surface area contributed by atoms with Crippen LogP contribution in [0, 0.1) is 35.5 Å².